The summed E-state index contributed by atoms with van der Waals surface area (Å²) >= 11 is 0. The summed E-state index contributed by atoms with van der Waals surface area (Å²) in [6.45, 7) is 7.80. The van der Waals surface area contributed by atoms with Crippen molar-refractivity contribution in [2.45, 2.75) is 32.9 Å². The van der Waals surface area contributed by atoms with Gasteiger partial charge in [0.1, 0.15) is 5.82 Å². The summed E-state index contributed by atoms with van der Waals surface area (Å²) < 4.78 is 5.21. The van der Waals surface area contributed by atoms with Crippen LogP contribution in [0, 0.1) is 0 Å². The Bertz CT molecular complexity index is 341. The van der Waals surface area contributed by atoms with Crippen LogP contribution in [0.4, 0.5) is 5.82 Å². The van der Waals surface area contributed by atoms with Gasteiger partial charge in [0.15, 0.2) is 0 Å². The van der Waals surface area contributed by atoms with E-state index < -0.39 is 0 Å². The largest absolute Gasteiger partial charge is 0.383 e. The van der Waals surface area contributed by atoms with Crippen molar-refractivity contribution in [1.29, 1.82) is 0 Å². The molecule has 2 unspecified atom stereocenters. The van der Waals surface area contributed by atoms with Gasteiger partial charge in [-0.05, 0) is 26.8 Å². The highest BCUT2D eigenvalue weighted by atomic mass is 16.5. The Morgan fingerprint density at radius 1 is 1.47 bits per heavy atom. The van der Waals surface area contributed by atoms with Crippen LogP contribution < -0.4 is 10.6 Å². The number of hydrogen-bond donors (Lipinski definition) is 1. The van der Waals surface area contributed by atoms with E-state index >= 15 is 0 Å². The first kappa shape index (κ1) is 13.9. The van der Waals surface area contributed by atoms with E-state index in [2.05, 4.69) is 23.7 Å². The standard InChI is InChI=1S/C13H23N3O/c1-5-16(10(2)9-17-4)13-12(11(3)14)7-6-8-15-13/h6-8,10-11H,5,9,14H2,1-4H3. The van der Waals surface area contributed by atoms with E-state index in [4.69, 9.17) is 10.5 Å². The molecule has 17 heavy (non-hydrogen) atoms. The molecular weight excluding hydrogens is 214 g/mol. The normalized spacial score (nSPS) is 14.4. The van der Waals surface area contributed by atoms with Crippen LogP contribution in [-0.4, -0.2) is 31.3 Å². The van der Waals surface area contributed by atoms with Gasteiger partial charge in [0.05, 0.1) is 12.6 Å². The smallest absolute Gasteiger partial charge is 0.133 e. The van der Waals surface area contributed by atoms with Crippen molar-refractivity contribution in [3.63, 3.8) is 0 Å². The van der Waals surface area contributed by atoms with Gasteiger partial charge in [0, 0.05) is 31.5 Å². The van der Waals surface area contributed by atoms with Crippen LogP contribution >= 0.6 is 0 Å². The van der Waals surface area contributed by atoms with E-state index in [-0.39, 0.29) is 12.1 Å². The summed E-state index contributed by atoms with van der Waals surface area (Å²) in [7, 11) is 1.72. The number of aromatic nitrogens is 1. The van der Waals surface area contributed by atoms with Gasteiger partial charge in [0.2, 0.25) is 0 Å². The van der Waals surface area contributed by atoms with Crippen molar-refractivity contribution in [3.05, 3.63) is 23.9 Å². The molecule has 0 saturated heterocycles. The maximum atomic E-state index is 5.98. The maximum Gasteiger partial charge on any atom is 0.133 e. The Labute approximate surface area is 104 Å². The number of anilines is 1. The van der Waals surface area contributed by atoms with Crippen LogP contribution in [0.25, 0.3) is 0 Å². The molecule has 0 aliphatic heterocycles. The van der Waals surface area contributed by atoms with E-state index in [1.165, 1.54) is 0 Å². The summed E-state index contributed by atoms with van der Waals surface area (Å²) in [5.74, 6) is 0.967. The second-order valence-electron chi connectivity index (χ2n) is 4.30. The molecule has 0 amide bonds. The van der Waals surface area contributed by atoms with E-state index in [1.807, 2.05) is 25.3 Å². The molecule has 0 bridgehead atoms. The van der Waals surface area contributed by atoms with E-state index in [9.17, 15) is 0 Å². The number of methoxy groups -OCH3 is 1. The third-order valence-corrected chi connectivity index (χ3v) is 2.86. The third kappa shape index (κ3) is 3.41. The van der Waals surface area contributed by atoms with Crippen molar-refractivity contribution in [2.24, 2.45) is 5.73 Å². The minimum Gasteiger partial charge on any atom is -0.383 e. The first-order valence-electron chi connectivity index (χ1n) is 6.07. The lowest BCUT2D eigenvalue weighted by Crippen LogP contribution is -2.37. The van der Waals surface area contributed by atoms with Gasteiger partial charge >= 0.3 is 0 Å². The third-order valence-electron chi connectivity index (χ3n) is 2.86. The van der Waals surface area contributed by atoms with Crippen LogP contribution in [0.15, 0.2) is 18.3 Å². The van der Waals surface area contributed by atoms with Crippen molar-refractivity contribution in [3.8, 4) is 0 Å². The molecule has 1 aromatic rings. The van der Waals surface area contributed by atoms with Gasteiger partial charge in [-0.25, -0.2) is 4.98 Å². The molecule has 0 aliphatic rings. The van der Waals surface area contributed by atoms with Crippen molar-refractivity contribution < 1.29 is 4.74 Å². The van der Waals surface area contributed by atoms with Crippen LogP contribution in [-0.2, 0) is 4.74 Å². The van der Waals surface area contributed by atoms with Gasteiger partial charge < -0.3 is 15.4 Å². The highest BCUT2D eigenvalue weighted by Gasteiger charge is 2.18. The lowest BCUT2D eigenvalue weighted by molar-refractivity contribution is 0.181. The lowest BCUT2D eigenvalue weighted by Gasteiger charge is -2.31. The molecule has 2 atom stereocenters. The van der Waals surface area contributed by atoms with Gasteiger partial charge in [-0.1, -0.05) is 6.07 Å². The second kappa shape index (κ2) is 6.57. The quantitative estimate of drug-likeness (QED) is 0.821. The number of rotatable bonds is 6. The Balaban J connectivity index is 3.02. The minimum absolute atomic E-state index is 0.0116. The van der Waals surface area contributed by atoms with Crippen molar-refractivity contribution >= 4 is 5.82 Å². The average molecular weight is 237 g/mol. The minimum atomic E-state index is -0.0116. The molecule has 0 saturated carbocycles. The Morgan fingerprint density at radius 2 is 2.18 bits per heavy atom. The van der Waals surface area contributed by atoms with E-state index in [0.29, 0.717) is 6.61 Å². The molecule has 1 aromatic heterocycles. The van der Waals surface area contributed by atoms with Gasteiger partial charge in [-0.15, -0.1) is 0 Å². The van der Waals surface area contributed by atoms with Gasteiger partial charge in [-0.2, -0.15) is 0 Å². The zero-order chi connectivity index (χ0) is 12.8. The molecule has 4 heteroatoms. The summed E-state index contributed by atoms with van der Waals surface area (Å²) in [6.07, 6.45) is 1.81. The van der Waals surface area contributed by atoms with Crippen LogP contribution in [0.3, 0.4) is 0 Å². The predicted molar refractivity (Wildman–Crippen MR) is 71.2 cm³/mol. The first-order valence-corrected chi connectivity index (χ1v) is 6.07. The topological polar surface area (TPSA) is 51.4 Å². The molecule has 1 rings (SSSR count). The number of pyridine rings is 1. The molecule has 0 aromatic carbocycles. The highest BCUT2D eigenvalue weighted by Crippen LogP contribution is 2.23. The summed E-state index contributed by atoms with van der Waals surface area (Å²) in [4.78, 5) is 6.69. The molecule has 0 fully saturated rings. The zero-order valence-electron chi connectivity index (χ0n) is 11.2. The monoisotopic (exact) mass is 237 g/mol. The molecule has 0 aliphatic carbocycles. The summed E-state index contributed by atoms with van der Waals surface area (Å²) in [6, 6.07) is 4.24. The fraction of sp³-hybridized carbons (Fsp3) is 0.615. The van der Waals surface area contributed by atoms with E-state index in [0.717, 1.165) is 17.9 Å². The molecule has 96 valence electrons. The first-order chi connectivity index (χ1) is 8.11. The van der Waals surface area contributed by atoms with Crippen LogP contribution in [0.1, 0.15) is 32.4 Å². The molecule has 2 N–H and O–H groups in total. The molecule has 1 heterocycles. The molecule has 0 spiro atoms. The number of hydrogen-bond acceptors (Lipinski definition) is 4. The Morgan fingerprint density at radius 3 is 2.71 bits per heavy atom. The second-order valence-corrected chi connectivity index (χ2v) is 4.30. The average Bonchev–Trinajstić information content (AvgIpc) is 2.31. The number of ether oxygens (including phenoxy) is 1. The fourth-order valence-electron chi connectivity index (χ4n) is 2.01. The number of nitrogens with two attached hydrogens (primary N) is 1. The number of nitrogens with zero attached hydrogens (tertiary/aromatic N) is 2. The van der Waals surface area contributed by atoms with Crippen molar-refractivity contribution in [2.75, 3.05) is 25.2 Å². The Hall–Kier alpha value is -1.13. The number of likely N-dealkylation sites (N-methyl/N-ethyl adjacent to an activating group) is 1. The Kier molecular flexibility index (Phi) is 5.38. The van der Waals surface area contributed by atoms with E-state index in [1.54, 1.807) is 7.11 Å². The fourth-order valence-corrected chi connectivity index (χ4v) is 2.01. The van der Waals surface area contributed by atoms with Crippen molar-refractivity contribution in [1.82, 2.24) is 4.98 Å². The summed E-state index contributed by atoms with van der Waals surface area (Å²) in [5.41, 5.74) is 7.06. The lowest BCUT2D eigenvalue weighted by atomic mass is 10.1. The highest BCUT2D eigenvalue weighted by molar-refractivity contribution is 5.48. The molecule has 4 nitrogen and oxygen atoms in total. The molecular formula is C13H23N3O. The van der Waals surface area contributed by atoms with Gasteiger partial charge in [0.25, 0.3) is 0 Å². The van der Waals surface area contributed by atoms with Crippen LogP contribution in [0.2, 0.25) is 0 Å². The predicted octanol–water partition coefficient (Wildman–Crippen LogP) is 1.96. The SMILES string of the molecule is CCN(c1ncccc1C(C)N)C(C)COC. The van der Waals surface area contributed by atoms with Gasteiger partial charge in [-0.3, -0.25) is 0 Å². The maximum absolute atomic E-state index is 5.98. The van der Waals surface area contributed by atoms with Crippen LogP contribution in [0.5, 0.6) is 0 Å². The molecule has 0 radical (unpaired) electrons. The summed E-state index contributed by atoms with van der Waals surface area (Å²) in [5, 5.41) is 0. The zero-order valence-corrected chi connectivity index (χ0v) is 11.2.